The van der Waals surface area contributed by atoms with Crippen LogP contribution in [0.4, 0.5) is 5.69 Å². The van der Waals surface area contributed by atoms with E-state index in [1.54, 1.807) is 26.2 Å². The molecular formula is C16H22N2O5S. The summed E-state index contributed by atoms with van der Waals surface area (Å²) in [5.41, 5.74) is 1.66. The highest BCUT2D eigenvalue weighted by atomic mass is 32.2. The smallest absolute Gasteiger partial charge is 0.338 e. The van der Waals surface area contributed by atoms with Crippen LogP contribution in [0.2, 0.25) is 0 Å². The number of carbonyl (C=O) groups excluding carboxylic acids is 2. The van der Waals surface area contributed by atoms with Crippen molar-refractivity contribution in [2.75, 3.05) is 24.7 Å². The van der Waals surface area contributed by atoms with Crippen molar-refractivity contribution in [2.45, 2.75) is 32.4 Å². The molecule has 1 aromatic rings. The summed E-state index contributed by atoms with van der Waals surface area (Å²) in [6.07, 6.45) is 0.803. The van der Waals surface area contributed by atoms with E-state index < -0.39 is 22.1 Å². The first kappa shape index (κ1) is 18.3. The zero-order valence-corrected chi connectivity index (χ0v) is 15.3. The van der Waals surface area contributed by atoms with Crippen LogP contribution in [0.1, 0.15) is 29.8 Å². The van der Waals surface area contributed by atoms with E-state index in [0.717, 1.165) is 11.8 Å². The van der Waals surface area contributed by atoms with Crippen molar-refractivity contribution in [2.24, 2.45) is 0 Å². The average molecular weight is 354 g/mol. The molecule has 0 saturated carbocycles. The van der Waals surface area contributed by atoms with Crippen LogP contribution >= 0.6 is 0 Å². The van der Waals surface area contributed by atoms with Gasteiger partial charge in [0.15, 0.2) is 6.10 Å². The van der Waals surface area contributed by atoms with E-state index in [4.69, 9.17) is 4.74 Å². The number of hydrogen-bond donors (Lipinski definition) is 0. The first-order chi connectivity index (χ1) is 11.0. The average Bonchev–Trinajstić information content (AvgIpc) is 2.80. The van der Waals surface area contributed by atoms with Gasteiger partial charge in [0.05, 0.1) is 17.5 Å². The lowest BCUT2D eigenvalue weighted by Crippen LogP contribution is -2.35. The third-order valence-corrected chi connectivity index (χ3v) is 5.17. The molecule has 1 aromatic carbocycles. The van der Waals surface area contributed by atoms with Crippen molar-refractivity contribution in [1.29, 1.82) is 0 Å². The van der Waals surface area contributed by atoms with Crippen molar-refractivity contribution in [1.82, 2.24) is 4.90 Å². The molecule has 0 bridgehead atoms. The van der Waals surface area contributed by atoms with E-state index in [1.807, 2.05) is 6.92 Å². The maximum atomic E-state index is 12.2. The molecule has 0 N–H and O–H groups in total. The summed E-state index contributed by atoms with van der Waals surface area (Å²) in [7, 11) is -0.198. The highest BCUT2D eigenvalue weighted by Gasteiger charge is 2.33. The van der Waals surface area contributed by atoms with Crippen LogP contribution in [0, 0.1) is 0 Å². The van der Waals surface area contributed by atoms with Crippen LogP contribution in [-0.2, 0) is 26.0 Å². The second-order valence-corrected chi connectivity index (χ2v) is 8.10. The third-order valence-electron chi connectivity index (χ3n) is 3.90. The number of amides is 1. The molecule has 7 nitrogen and oxygen atoms in total. The number of hydrogen-bond acceptors (Lipinski definition) is 5. The molecule has 1 heterocycles. The molecule has 2 rings (SSSR count). The normalized spacial score (nSPS) is 18.0. The van der Waals surface area contributed by atoms with E-state index in [1.165, 1.54) is 22.2 Å². The van der Waals surface area contributed by atoms with Gasteiger partial charge in [-0.3, -0.25) is 9.10 Å². The summed E-state index contributed by atoms with van der Waals surface area (Å²) in [6, 6.07) is 4.56. The molecule has 0 aromatic heterocycles. The van der Waals surface area contributed by atoms with Gasteiger partial charge in [0.25, 0.3) is 5.91 Å². The van der Waals surface area contributed by atoms with Gasteiger partial charge in [-0.1, -0.05) is 0 Å². The summed E-state index contributed by atoms with van der Waals surface area (Å²) < 4.78 is 30.3. The molecule has 8 heteroatoms. The second-order valence-electron chi connectivity index (χ2n) is 6.24. The number of carbonyl (C=O) groups is 2. The van der Waals surface area contributed by atoms with Crippen LogP contribution in [0.25, 0.3) is 0 Å². The number of sulfonamides is 1. The Bertz CT molecular complexity index is 773. The fourth-order valence-electron chi connectivity index (χ4n) is 2.88. The van der Waals surface area contributed by atoms with Crippen molar-refractivity contribution >= 4 is 27.6 Å². The van der Waals surface area contributed by atoms with Crippen LogP contribution in [-0.4, -0.2) is 57.7 Å². The molecule has 0 fully saturated rings. The zero-order valence-electron chi connectivity index (χ0n) is 14.4. The van der Waals surface area contributed by atoms with Gasteiger partial charge in [-0.25, -0.2) is 13.2 Å². The van der Waals surface area contributed by atoms with Gasteiger partial charge in [-0.05, 0) is 44.0 Å². The molecule has 0 unspecified atom stereocenters. The van der Waals surface area contributed by atoms with Crippen molar-refractivity contribution in [3.05, 3.63) is 29.3 Å². The SMILES string of the molecule is C[C@H](OC(=O)c1ccc2c(c1)C[C@H](C)N2S(C)(=O)=O)C(=O)N(C)C. The second kappa shape index (κ2) is 6.43. The van der Waals surface area contributed by atoms with Gasteiger partial charge in [0.1, 0.15) is 0 Å². The Balaban J connectivity index is 2.23. The lowest BCUT2D eigenvalue weighted by molar-refractivity contribution is -0.137. The van der Waals surface area contributed by atoms with Gasteiger partial charge in [0, 0.05) is 20.1 Å². The van der Waals surface area contributed by atoms with E-state index in [9.17, 15) is 18.0 Å². The number of fused-ring (bicyclic) bond motifs is 1. The van der Waals surface area contributed by atoms with Gasteiger partial charge >= 0.3 is 5.97 Å². The minimum atomic E-state index is -3.37. The fourth-order valence-corrected chi connectivity index (χ4v) is 4.14. The van der Waals surface area contributed by atoms with Crippen LogP contribution in [0.3, 0.4) is 0 Å². The van der Waals surface area contributed by atoms with Crippen molar-refractivity contribution < 1.29 is 22.7 Å². The number of rotatable bonds is 4. The Morgan fingerprint density at radius 2 is 1.96 bits per heavy atom. The first-order valence-corrected chi connectivity index (χ1v) is 9.41. The topological polar surface area (TPSA) is 84.0 Å². The number of ether oxygens (including phenoxy) is 1. The lowest BCUT2D eigenvalue weighted by atomic mass is 10.1. The monoisotopic (exact) mass is 354 g/mol. The number of benzene rings is 1. The fraction of sp³-hybridized carbons (Fsp3) is 0.500. The third kappa shape index (κ3) is 3.53. The van der Waals surface area contributed by atoms with Gasteiger partial charge in [-0.15, -0.1) is 0 Å². The van der Waals surface area contributed by atoms with Crippen LogP contribution in [0.15, 0.2) is 18.2 Å². The Labute approximate surface area is 142 Å². The minimum Gasteiger partial charge on any atom is -0.449 e. The highest BCUT2D eigenvalue weighted by Crippen LogP contribution is 2.34. The Morgan fingerprint density at radius 1 is 1.33 bits per heavy atom. The van der Waals surface area contributed by atoms with Crippen molar-refractivity contribution in [3.63, 3.8) is 0 Å². The molecule has 0 spiro atoms. The molecule has 1 aliphatic heterocycles. The van der Waals surface area contributed by atoms with Crippen LogP contribution < -0.4 is 4.31 Å². The summed E-state index contributed by atoms with van der Waals surface area (Å²) in [5.74, 6) is -0.910. The molecular weight excluding hydrogens is 332 g/mol. The van der Waals surface area contributed by atoms with E-state index in [-0.39, 0.29) is 11.9 Å². The van der Waals surface area contributed by atoms with E-state index in [2.05, 4.69) is 0 Å². The van der Waals surface area contributed by atoms with Gasteiger partial charge in [0.2, 0.25) is 10.0 Å². The number of anilines is 1. The molecule has 24 heavy (non-hydrogen) atoms. The molecule has 0 radical (unpaired) electrons. The number of likely N-dealkylation sites (N-methyl/N-ethyl adjacent to an activating group) is 1. The van der Waals surface area contributed by atoms with Crippen molar-refractivity contribution in [3.8, 4) is 0 Å². The molecule has 0 saturated heterocycles. The Morgan fingerprint density at radius 3 is 2.50 bits per heavy atom. The quantitative estimate of drug-likeness (QED) is 0.754. The van der Waals surface area contributed by atoms with E-state index >= 15 is 0 Å². The molecule has 132 valence electrons. The van der Waals surface area contributed by atoms with Gasteiger partial charge < -0.3 is 9.64 Å². The Hall–Kier alpha value is -2.09. The predicted molar refractivity (Wildman–Crippen MR) is 90.5 cm³/mol. The molecule has 2 atom stereocenters. The van der Waals surface area contributed by atoms with E-state index in [0.29, 0.717) is 17.7 Å². The number of esters is 1. The minimum absolute atomic E-state index is 0.199. The highest BCUT2D eigenvalue weighted by molar-refractivity contribution is 7.92. The van der Waals surface area contributed by atoms with Gasteiger partial charge in [-0.2, -0.15) is 0 Å². The lowest BCUT2D eigenvalue weighted by Gasteiger charge is -2.22. The van der Waals surface area contributed by atoms with Crippen LogP contribution in [0.5, 0.6) is 0 Å². The molecule has 1 amide bonds. The summed E-state index contributed by atoms with van der Waals surface area (Å²) in [4.78, 5) is 25.3. The molecule has 0 aliphatic carbocycles. The zero-order chi connectivity index (χ0) is 18.2. The summed E-state index contributed by atoms with van der Waals surface area (Å²) in [6.45, 7) is 3.33. The largest absolute Gasteiger partial charge is 0.449 e. The summed E-state index contributed by atoms with van der Waals surface area (Å²) >= 11 is 0. The maximum absolute atomic E-state index is 12.2. The Kier molecular flexibility index (Phi) is 4.89. The maximum Gasteiger partial charge on any atom is 0.338 e. The standard InChI is InChI=1S/C16H22N2O5S/c1-10-8-13-9-12(6-7-14(13)18(10)24(5,21)22)16(20)23-11(2)15(19)17(3)4/h6-7,9-11H,8H2,1-5H3/t10-,11-/m0/s1. The first-order valence-electron chi connectivity index (χ1n) is 7.57. The predicted octanol–water partition coefficient (Wildman–Crippen LogP) is 1.03. The summed E-state index contributed by atoms with van der Waals surface area (Å²) in [5, 5.41) is 0. The number of nitrogens with zero attached hydrogens (tertiary/aromatic N) is 2. The molecule has 1 aliphatic rings.